The number of aliphatic carboxylic acids is 1. The van der Waals surface area contributed by atoms with Crippen molar-refractivity contribution in [3.8, 4) is 5.75 Å². The number of rotatable bonds is 21. The highest BCUT2D eigenvalue weighted by Crippen LogP contribution is 2.30. The number of carboxylic acids is 1. The van der Waals surface area contributed by atoms with Gasteiger partial charge in [0.15, 0.2) is 0 Å². The van der Waals surface area contributed by atoms with Gasteiger partial charge in [-0.2, -0.15) is 0 Å². The third-order valence-corrected chi connectivity index (χ3v) is 10.9. The Morgan fingerprint density at radius 2 is 1.52 bits per heavy atom. The van der Waals surface area contributed by atoms with E-state index in [-0.39, 0.29) is 54.1 Å². The van der Waals surface area contributed by atoms with Gasteiger partial charge in [-0.25, -0.2) is 4.79 Å². The molecule has 9 atom stereocenters. The Labute approximate surface area is 322 Å². The molecule has 1 aliphatic heterocycles. The van der Waals surface area contributed by atoms with Crippen LogP contribution in [0.1, 0.15) is 79.7 Å². The van der Waals surface area contributed by atoms with Crippen molar-refractivity contribution in [3.63, 3.8) is 0 Å². The number of amides is 4. The summed E-state index contributed by atoms with van der Waals surface area (Å²) in [5.74, 6) is -3.38. The highest BCUT2D eigenvalue weighted by atomic mass is 16.5. The molecule has 0 saturated carbocycles. The zero-order valence-electron chi connectivity index (χ0n) is 34.5. The Kier molecular flexibility index (Phi) is 18.4. The molecule has 2 rings (SSSR count). The van der Waals surface area contributed by atoms with Crippen molar-refractivity contribution in [2.45, 2.75) is 123 Å². The van der Waals surface area contributed by atoms with Crippen LogP contribution in [0.3, 0.4) is 0 Å². The van der Waals surface area contributed by atoms with Crippen molar-refractivity contribution in [2.24, 2.45) is 23.7 Å². The Hall–Kier alpha value is -3.75. The largest absolute Gasteiger partial charge is 0.508 e. The van der Waals surface area contributed by atoms with Crippen molar-refractivity contribution in [1.29, 1.82) is 0 Å². The minimum atomic E-state index is -1.21. The van der Waals surface area contributed by atoms with Gasteiger partial charge in [0.2, 0.25) is 23.6 Å². The Morgan fingerprint density at radius 3 is 2.00 bits per heavy atom. The van der Waals surface area contributed by atoms with E-state index in [1.807, 2.05) is 60.5 Å². The first kappa shape index (κ1) is 46.4. The topological polar surface area (TPSA) is 178 Å². The summed E-state index contributed by atoms with van der Waals surface area (Å²) in [6, 6.07) is 2.75. The van der Waals surface area contributed by atoms with Crippen molar-refractivity contribution in [2.75, 3.05) is 41.9 Å². The van der Waals surface area contributed by atoms with Crippen molar-refractivity contribution in [1.82, 2.24) is 25.3 Å². The lowest BCUT2D eigenvalue weighted by molar-refractivity contribution is -0.148. The van der Waals surface area contributed by atoms with Crippen LogP contribution in [0.5, 0.6) is 5.75 Å². The van der Waals surface area contributed by atoms with Crippen LogP contribution in [0.15, 0.2) is 24.3 Å². The van der Waals surface area contributed by atoms with Crippen LogP contribution in [0.2, 0.25) is 0 Å². The number of likely N-dealkylation sites (tertiary alicyclic amines) is 1. The lowest BCUT2D eigenvalue weighted by atomic mass is 9.89. The first-order valence-electron chi connectivity index (χ1n) is 19.2. The zero-order valence-corrected chi connectivity index (χ0v) is 34.5. The standard InChI is InChI=1S/C40H67N5O9/c1-13-25(6)35(44(10)39(50)33(23(2)3)42-38(49)34(24(4)5)43(8)9)31(53-11)22-32(47)45-20-14-15-30(45)36(54-12)26(7)37(48)41-29(40(51)52)21-27-16-18-28(46)19-17-27/h16-19,23-26,29-31,33-36,46H,13-15,20-22H2,1-12H3,(H,41,48)(H,42,49)(H,51,52)/t25-,26+,29-,30-,31+,33-,34-,35-,36+/m0/s1. The number of methoxy groups -OCH3 is 2. The number of carbonyl (C=O) groups is 5. The molecule has 0 radical (unpaired) electrons. The van der Waals surface area contributed by atoms with E-state index in [0.29, 0.717) is 31.4 Å². The molecule has 14 nitrogen and oxygen atoms in total. The zero-order chi connectivity index (χ0) is 41.0. The van der Waals surface area contributed by atoms with Gasteiger partial charge >= 0.3 is 5.97 Å². The molecule has 0 aromatic heterocycles. The van der Waals surface area contributed by atoms with E-state index in [1.165, 1.54) is 26.4 Å². The van der Waals surface area contributed by atoms with Gasteiger partial charge in [-0.15, -0.1) is 0 Å². The van der Waals surface area contributed by atoms with Crippen LogP contribution in [0.4, 0.5) is 0 Å². The number of aromatic hydroxyl groups is 1. The molecule has 1 aromatic rings. The highest BCUT2D eigenvalue weighted by molar-refractivity contribution is 5.90. The number of hydrogen-bond acceptors (Lipinski definition) is 9. The van der Waals surface area contributed by atoms with Gasteiger partial charge in [0, 0.05) is 34.2 Å². The maximum atomic E-state index is 14.2. The van der Waals surface area contributed by atoms with Gasteiger partial charge in [-0.05, 0) is 62.4 Å². The quantitative estimate of drug-likeness (QED) is 0.146. The molecule has 1 aliphatic rings. The summed E-state index contributed by atoms with van der Waals surface area (Å²) >= 11 is 0. The SMILES string of the molecule is CC[C@H](C)[C@@H]([C@@H](CC(=O)N1CCC[C@H]1[C@H](OC)[C@@H](C)C(=O)N[C@@H](Cc1ccc(O)cc1)C(=O)O)OC)N(C)C(=O)[C@@H](NC(=O)[C@H](C(C)C)N(C)C)C(C)C. The number of benzene rings is 1. The number of phenols is 1. The van der Waals surface area contributed by atoms with Crippen LogP contribution < -0.4 is 10.6 Å². The van der Waals surface area contributed by atoms with E-state index in [0.717, 1.165) is 0 Å². The molecular formula is C40H67N5O9. The fraction of sp³-hybridized carbons (Fsp3) is 0.725. The second-order valence-corrected chi connectivity index (χ2v) is 15.7. The maximum absolute atomic E-state index is 14.2. The summed E-state index contributed by atoms with van der Waals surface area (Å²) in [6.07, 6.45) is 0.581. The predicted octanol–water partition coefficient (Wildman–Crippen LogP) is 3.15. The number of nitrogens with zero attached hydrogens (tertiary/aromatic N) is 3. The average molecular weight is 762 g/mol. The first-order chi connectivity index (χ1) is 25.3. The fourth-order valence-corrected chi connectivity index (χ4v) is 7.78. The highest BCUT2D eigenvalue weighted by Gasteiger charge is 2.43. The number of hydrogen-bond donors (Lipinski definition) is 4. The summed E-state index contributed by atoms with van der Waals surface area (Å²) in [4.78, 5) is 72.6. The van der Waals surface area contributed by atoms with Crippen molar-refractivity contribution < 1.29 is 43.7 Å². The van der Waals surface area contributed by atoms with Gasteiger partial charge in [0.1, 0.15) is 17.8 Å². The van der Waals surface area contributed by atoms with Crippen molar-refractivity contribution >= 4 is 29.6 Å². The molecule has 1 saturated heterocycles. The van der Waals surface area contributed by atoms with Crippen LogP contribution >= 0.6 is 0 Å². The minimum Gasteiger partial charge on any atom is -0.508 e. The first-order valence-corrected chi connectivity index (χ1v) is 19.2. The molecule has 1 fully saturated rings. The van der Waals surface area contributed by atoms with E-state index < -0.39 is 60.2 Å². The number of nitrogens with one attached hydrogen (secondary N) is 2. The fourth-order valence-electron chi connectivity index (χ4n) is 7.78. The second kappa shape index (κ2) is 21.4. The van der Waals surface area contributed by atoms with E-state index in [9.17, 15) is 34.2 Å². The molecule has 4 N–H and O–H groups in total. The number of phenolic OH excluding ortho intramolecular Hbond substituents is 1. The molecular weight excluding hydrogens is 694 g/mol. The predicted molar refractivity (Wildman–Crippen MR) is 207 cm³/mol. The lowest BCUT2D eigenvalue weighted by Gasteiger charge is -2.41. The van der Waals surface area contributed by atoms with Gasteiger partial charge in [0.25, 0.3) is 0 Å². The van der Waals surface area contributed by atoms with Crippen LogP contribution in [-0.2, 0) is 39.9 Å². The Balaban J connectivity index is 2.27. The summed E-state index contributed by atoms with van der Waals surface area (Å²) in [5, 5.41) is 25.1. The molecule has 14 heteroatoms. The smallest absolute Gasteiger partial charge is 0.326 e. The summed E-state index contributed by atoms with van der Waals surface area (Å²) < 4.78 is 11.8. The number of carboxylic acid groups (broad SMARTS) is 1. The molecule has 4 amide bonds. The molecule has 1 heterocycles. The van der Waals surface area contributed by atoms with E-state index in [1.54, 1.807) is 35.9 Å². The molecule has 54 heavy (non-hydrogen) atoms. The summed E-state index contributed by atoms with van der Waals surface area (Å²) in [5.41, 5.74) is 0.633. The van der Waals surface area contributed by atoms with Crippen LogP contribution in [0, 0.1) is 23.7 Å². The number of likely N-dealkylation sites (N-methyl/N-ethyl adjacent to an activating group) is 2. The molecule has 0 bridgehead atoms. The number of ether oxygens (including phenoxy) is 2. The van der Waals surface area contributed by atoms with Gasteiger partial charge < -0.3 is 40.1 Å². The maximum Gasteiger partial charge on any atom is 0.326 e. The van der Waals surface area contributed by atoms with E-state index in [2.05, 4.69) is 10.6 Å². The molecule has 306 valence electrons. The molecule has 1 aromatic carbocycles. The second-order valence-electron chi connectivity index (χ2n) is 15.7. The molecule has 0 aliphatic carbocycles. The normalized spacial score (nSPS) is 19.1. The van der Waals surface area contributed by atoms with Crippen LogP contribution in [-0.4, -0.2) is 139 Å². The average Bonchev–Trinajstić information content (AvgIpc) is 3.59. The third kappa shape index (κ3) is 12.1. The lowest BCUT2D eigenvalue weighted by Crippen LogP contribution is -2.59. The molecule has 0 unspecified atom stereocenters. The molecule has 0 spiro atoms. The minimum absolute atomic E-state index is 0.0191. The van der Waals surface area contributed by atoms with Crippen molar-refractivity contribution in [3.05, 3.63) is 29.8 Å². The summed E-state index contributed by atoms with van der Waals surface area (Å²) in [6.45, 7) is 13.9. The van der Waals surface area contributed by atoms with Gasteiger partial charge in [-0.1, -0.05) is 67.0 Å². The van der Waals surface area contributed by atoms with Gasteiger partial charge in [0.05, 0.1) is 42.7 Å². The Bertz CT molecular complexity index is 1380. The van der Waals surface area contributed by atoms with Gasteiger partial charge in [-0.3, -0.25) is 24.1 Å². The number of carbonyl (C=O) groups excluding carboxylic acids is 4. The van der Waals surface area contributed by atoms with E-state index >= 15 is 0 Å². The third-order valence-electron chi connectivity index (χ3n) is 10.9. The summed E-state index contributed by atoms with van der Waals surface area (Å²) in [7, 11) is 8.39. The van der Waals surface area contributed by atoms with Crippen LogP contribution in [0.25, 0.3) is 0 Å². The Morgan fingerprint density at radius 1 is 0.907 bits per heavy atom. The monoisotopic (exact) mass is 761 g/mol. The van der Waals surface area contributed by atoms with E-state index in [4.69, 9.17) is 9.47 Å².